The molecule has 0 fully saturated rings. The summed E-state index contributed by atoms with van der Waals surface area (Å²) in [6.07, 6.45) is -0.341. The van der Waals surface area contributed by atoms with Crippen molar-refractivity contribution in [2.24, 2.45) is 9.98 Å². The van der Waals surface area contributed by atoms with Gasteiger partial charge in [-0.15, -0.1) is 0 Å². The third-order valence-corrected chi connectivity index (χ3v) is 11.1. The first kappa shape index (κ1) is 29.3. The summed E-state index contributed by atoms with van der Waals surface area (Å²) >= 11 is 0. The van der Waals surface area contributed by atoms with Crippen molar-refractivity contribution in [2.75, 3.05) is 0 Å². The minimum Gasteiger partial charge on any atom is -0.456 e. The Hall–Kier alpha value is -7.24. The molecule has 5 nitrogen and oxygen atoms in total. The van der Waals surface area contributed by atoms with E-state index in [1.54, 1.807) is 0 Å². The molecular formula is C49H29N3O2. The molecule has 252 valence electrons. The molecular weight excluding hydrogens is 663 g/mol. The van der Waals surface area contributed by atoms with Crippen molar-refractivity contribution in [3.8, 4) is 33.4 Å². The number of hydrogen-bond donors (Lipinski definition) is 1. The highest BCUT2D eigenvalue weighted by molar-refractivity contribution is 6.23. The highest BCUT2D eigenvalue weighted by Gasteiger charge is 2.26. The number of aliphatic imine (C=N–C) groups is 2. The van der Waals surface area contributed by atoms with Crippen molar-refractivity contribution in [1.29, 1.82) is 0 Å². The lowest BCUT2D eigenvalue weighted by atomic mass is 9.93. The molecule has 1 unspecified atom stereocenters. The van der Waals surface area contributed by atoms with Gasteiger partial charge < -0.3 is 14.2 Å². The lowest BCUT2D eigenvalue weighted by Gasteiger charge is -2.24. The summed E-state index contributed by atoms with van der Waals surface area (Å²) in [4.78, 5) is 10.5. The van der Waals surface area contributed by atoms with Gasteiger partial charge in [0.2, 0.25) is 0 Å². The minimum absolute atomic E-state index is 0.341. The molecule has 1 atom stereocenters. The van der Waals surface area contributed by atoms with Crippen LogP contribution in [0.15, 0.2) is 183 Å². The first-order chi connectivity index (χ1) is 26.7. The van der Waals surface area contributed by atoms with Gasteiger partial charge >= 0.3 is 0 Å². The summed E-state index contributed by atoms with van der Waals surface area (Å²) < 4.78 is 12.7. The zero-order valence-corrected chi connectivity index (χ0v) is 28.9. The molecule has 10 aromatic rings. The smallest absolute Gasteiger partial charge is 0.160 e. The third kappa shape index (κ3) is 4.27. The van der Waals surface area contributed by atoms with Gasteiger partial charge in [0.05, 0.1) is 0 Å². The van der Waals surface area contributed by atoms with Crippen LogP contribution in [0.3, 0.4) is 0 Å². The molecule has 0 radical (unpaired) electrons. The number of nitrogens with zero attached hydrogens (tertiary/aromatic N) is 2. The highest BCUT2D eigenvalue weighted by Crippen LogP contribution is 2.49. The summed E-state index contributed by atoms with van der Waals surface area (Å²) in [6, 6.07) is 57.4. The summed E-state index contributed by atoms with van der Waals surface area (Å²) in [7, 11) is 0. The third-order valence-electron chi connectivity index (χ3n) is 11.1. The number of para-hydroxylation sites is 1. The van der Waals surface area contributed by atoms with Crippen molar-refractivity contribution in [2.45, 2.75) is 6.17 Å². The fourth-order valence-corrected chi connectivity index (χ4v) is 8.64. The van der Waals surface area contributed by atoms with E-state index in [0.717, 1.165) is 72.0 Å². The molecule has 3 heterocycles. The van der Waals surface area contributed by atoms with Crippen LogP contribution in [0.2, 0.25) is 0 Å². The molecule has 1 aliphatic carbocycles. The second-order valence-corrected chi connectivity index (χ2v) is 14.1. The average Bonchev–Trinajstić information content (AvgIpc) is 3.91. The Morgan fingerprint density at radius 1 is 0.407 bits per heavy atom. The molecule has 1 N–H and O–H groups in total. The standard InChI is InChI=1S/C49H29N3O2/c1-2-10-28(11-3-1)47-50-48(30-21-25-42-39(27-30)34-14-6-7-18-41(34)53-42)52-49(51-47)38-17-9-19-44-46(38)40-26-29(20-24-43(40)54-44)31-22-23-37-33-13-5-4-12-32(33)36-16-8-15-35(31)45(36)37/h1-27,47H,(H,50,51,52). The molecule has 5 heteroatoms. The van der Waals surface area contributed by atoms with Gasteiger partial charge in [-0.3, -0.25) is 0 Å². The number of amidine groups is 2. The first-order valence-electron chi connectivity index (χ1n) is 18.3. The zero-order valence-electron chi connectivity index (χ0n) is 28.9. The van der Waals surface area contributed by atoms with Crippen LogP contribution in [0.5, 0.6) is 0 Å². The molecule has 0 saturated heterocycles. The fourth-order valence-electron chi connectivity index (χ4n) is 8.64. The SMILES string of the molecule is c1ccc(C2N=C(c3cccc4oc5ccc(-c6ccc7c8c(cccc68)-c6ccccc6-7)cc5c34)N=C(c3ccc4oc5ccccc5c4c3)N2)cc1. The van der Waals surface area contributed by atoms with Crippen LogP contribution in [0.1, 0.15) is 22.9 Å². The van der Waals surface area contributed by atoms with Gasteiger partial charge in [0.15, 0.2) is 5.84 Å². The summed E-state index contributed by atoms with van der Waals surface area (Å²) in [5.74, 6) is 1.40. The summed E-state index contributed by atoms with van der Waals surface area (Å²) in [5.41, 5.74) is 13.8. The molecule has 12 rings (SSSR count). The normalized spacial score (nSPS) is 14.9. The minimum atomic E-state index is -0.341. The maximum absolute atomic E-state index is 6.53. The zero-order chi connectivity index (χ0) is 35.3. The molecule has 8 aromatic carbocycles. The van der Waals surface area contributed by atoms with E-state index in [4.69, 9.17) is 18.8 Å². The van der Waals surface area contributed by atoms with E-state index < -0.39 is 0 Å². The molecule has 2 aromatic heterocycles. The van der Waals surface area contributed by atoms with Gasteiger partial charge in [-0.05, 0) is 92.2 Å². The number of hydrogen-bond acceptors (Lipinski definition) is 5. The van der Waals surface area contributed by atoms with Crippen molar-refractivity contribution in [3.63, 3.8) is 0 Å². The topological polar surface area (TPSA) is 63.0 Å². The monoisotopic (exact) mass is 691 g/mol. The Labute approximate surface area is 309 Å². The molecule has 0 bridgehead atoms. The largest absolute Gasteiger partial charge is 0.456 e. The number of rotatable bonds is 4. The lowest BCUT2D eigenvalue weighted by molar-refractivity contribution is 0.667. The van der Waals surface area contributed by atoms with Gasteiger partial charge in [-0.25, -0.2) is 9.98 Å². The molecule has 2 aliphatic rings. The molecule has 0 amide bonds. The van der Waals surface area contributed by atoms with Crippen LogP contribution < -0.4 is 5.32 Å². The second kappa shape index (κ2) is 11.1. The van der Waals surface area contributed by atoms with Crippen molar-refractivity contribution < 1.29 is 8.83 Å². The van der Waals surface area contributed by atoms with Gasteiger partial charge in [0.1, 0.15) is 34.3 Å². The van der Waals surface area contributed by atoms with E-state index in [2.05, 4.69) is 115 Å². The molecule has 0 saturated carbocycles. The first-order valence-corrected chi connectivity index (χ1v) is 18.3. The van der Waals surface area contributed by atoms with E-state index >= 15 is 0 Å². The molecule has 0 spiro atoms. The van der Waals surface area contributed by atoms with Gasteiger partial charge in [0, 0.05) is 32.7 Å². The van der Waals surface area contributed by atoms with E-state index in [9.17, 15) is 0 Å². The Morgan fingerprint density at radius 3 is 1.91 bits per heavy atom. The number of fused-ring (bicyclic) bond motifs is 9. The van der Waals surface area contributed by atoms with E-state index in [-0.39, 0.29) is 6.17 Å². The Kier molecular flexibility index (Phi) is 6.05. The molecule has 54 heavy (non-hydrogen) atoms. The van der Waals surface area contributed by atoms with Crippen LogP contribution in [-0.4, -0.2) is 11.7 Å². The van der Waals surface area contributed by atoms with Gasteiger partial charge in [-0.1, -0.05) is 121 Å². The Balaban J connectivity index is 1.04. The second-order valence-electron chi connectivity index (χ2n) is 14.1. The maximum Gasteiger partial charge on any atom is 0.160 e. The highest BCUT2D eigenvalue weighted by atomic mass is 16.3. The van der Waals surface area contributed by atoms with Crippen molar-refractivity contribution in [1.82, 2.24) is 5.32 Å². The van der Waals surface area contributed by atoms with E-state index in [1.807, 2.05) is 54.6 Å². The fraction of sp³-hybridized carbons (Fsp3) is 0.0204. The predicted molar refractivity (Wildman–Crippen MR) is 220 cm³/mol. The van der Waals surface area contributed by atoms with Crippen LogP contribution >= 0.6 is 0 Å². The number of furan rings is 2. The molecule has 1 aliphatic heterocycles. The number of benzene rings is 8. The Morgan fingerprint density at radius 2 is 1.02 bits per heavy atom. The lowest BCUT2D eigenvalue weighted by Crippen LogP contribution is -2.33. The van der Waals surface area contributed by atoms with Crippen molar-refractivity contribution in [3.05, 3.63) is 180 Å². The Bertz CT molecular complexity index is 3230. The van der Waals surface area contributed by atoms with Crippen LogP contribution in [0.25, 0.3) is 88.0 Å². The van der Waals surface area contributed by atoms with Crippen LogP contribution in [0, 0.1) is 0 Å². The predicted octanol–water partition coefficient (Wildman–Crippen LogP) is 12.4. The van der Waals surface area contributed by atoms with Gasteiger partial charge in [-0.2, -0.15) is 0 Å². The van der Waals surface area contributed by atoms with E-state index in [1.165, 1.54) is 38.6 Å². The summed E-state index contributed by atoms with van der Waals surface area (Å²) in [5, 5.41) is 10.4. The van der Waals surface area contributed by atoms with Crippen LogP contribution in [0.4, 0.5) is 0 Å². The maximum atomic E-state index is 6.53. The summed E-state index contributed by atoms with van der Waals surface area (Å²) in [6.45, 7) is 0. The van der Waals surface area contributed by atoms with Crippen LogP contribution in [-0.2, 0) is 0 Å². The average molecular weight is 692 g/mol. The van der Waals surface area contributed by atoms with E-state index in [0.29, 0.717) is 5.84 Å². The van der Waals surface area contributed by atoms with Gasteiger partial charge in [0.25, 0.3) is 0 Å². The number of nitrogens with one attached hydrogen (secondary N) is 1. The quantitative estimate of drug-likeness (QED) is 0.200. The van der Waals surface area contributed by atoms with Crippen molar-refractivity contribution >= 4 is 66.3 Å².